The highest BCUT2D eigenvalue weighted by atomic mass is 16.5. The molecule has 2 saturated heterocycles. The first-order valence-electron chi connectivity index (χ1n) is 11.2. The molecule has 3 aromatic rings. The Balaban J connectivity index is 1.42. The molecule has 2 aliphatic heterocycles. The van der Waals surface area contributed by atoms with E-state index >= 15 is 0 Å². The monoisotopic (exact) mass is 448 g/mol. The zero-order valence-electron chi connectivity index (χ0n) is 18.6. The van der Waals surface area contributed by atoms with Crippen molar-refractivity contribution in [2.75, 3.05) is 32.8 Å². The summed E-state index contributed by atoms with van der Waals surface area (Å²) in [6, 6.07) is 12.1. The number of aromatic hydroxyl groups is 1. The lowest BCUT2D eigenvalue weighted by molar-refractivity contribution is -0.00157. The van der Waals surface area contributed by atoms with Crippen LogP contribution in [0.3, 0.4) is 0 Å². The highest BCUT2D eigenvalue weighted by molar-refractivity contribution is 5.99. The van der Waals surface area contributed by atoms with Crippen LogP contribution in [0.4, 0.5) is 0 Å². The summed E-state index contributed by atoms with van der Waals surface area (Å²) in [4.78, 5) is 29.6. The Morgan fingerprint density at radius 1 is 1.12 bits per heavy atom. The molecule has 2 aromatic carbocycles. The molecule has 0 aliphatic carbocycles. The van der Waals surface area contributed by atoms with E-state index in [0.29, 0.717) is 50.4 Å². The number of phenolic OH excluding ortho intramolecular Hbond substituents is 1. The normalized spacial score (nSPS) is 19.0. The molecule has 0 radical (unpaired) electrons. The van der Waals surface area contributed by atoms with Crippen LogP contribution in [0, 0.1) is 0 Å². The van der Waals surface area contributed by atoms with E-state index < -0.39 is 0 Å². The van der Waals surface area contributed by atoms with Crippen molar-refractivity contribution in [3.63, 3.8) is 0 Å². The van der Waals surface area contributed by atoms with Gasteiger partial charge in [0.1, 0.15) is 5.75 Å². The highest BCUT2D eigenvalue weighted by Crippen LogP contribution is 2.27. The largest absolute Gasteiger partial charge is 0.508 e. The van der Waals surface area contributed by atoms with Crippen molar-refractivity contribution in [3.8, 4) is 5.75 Å². The first-order chi connectivity index (χ1) is 15.9. The number of carbonyl (C=O) groups excluding carboxylic acids is 2. The van der Waals surface area contributed by atoms with Gasteiger partial charge in [-0.25, -0.2) is 0 Å². The van der Waals surface area contributed by atoms with Crippen LogP contribution in [0.15, 0.2) is 48.7 Å². The number of aryl methyl sites for hydroxylation is 1. The molecular weight excluding hydrogens is 420 g/mol. The minimum absolute atomic E-state index is 0.00454. The molecule has 0 spiro atoms. The van der Waals surface area contributed by atoms with Crippen LogP contribution in [0.2, 0.25) is 0 Å². The molecule has 8 heteroatoms. The molecule has 2 aliphatic rings. The standard InChI is InChI=1S/C25H28N4O4/c1-27-12-18(22-11-17(5-6-23(22)27)24(31)28-13-19(26)14-28)9-20-15-33-8-7-29(20)25(32)16-3-2-4-21(30)10-16/h2-6,10-12,19-20,30H,7-9,13-15,26H2,1H3/t20-/m0/s1. The SMILES string of the molecule is Cn1cc(C[C@H]2COCCN2C(=O)c2cccc(O)c2)c2cc(C(=O)N3CC(N)C3)ccc21. The molecule has 0 bridgehead atoms. The molecule has 0 unspecified atom stereocenters. The fraction of sp³-hybridized carbons (Fsp3) is 0.360. The molecular formula is C25H28N4O4. The summed E-state index contributed by atoms with van der Waals surface area (Å²) < 4.78 is 7.76. The second-order valence-corrected chi connectivity index (χ2v) is 8.95. The Bertz CT molecular complexity index is 1210. The summed E-state index contributed by atoms with van der Waals surface area (Å²) >= 11 is 0. The van der Waals surface area contributed by atoms with E-state index in [1.54, 1.807) is 23.1 Å². The lowest BCUT2D eigenvalue weighted by atomic mass is 10.00. The molecule has 1 aromatic heterocycles. The summed E-state index contributed by atoms with van der Waals surface area (Å²) in [6.07, 6.45) is 2.66. The predicted octanol–water partition coefficient (Wildman–Crippen LogP) is 1.75. The average molecular weight is 449 g/mol. The zero-order valence-corrected chi connectivity index (χ0v) is 18.6. The molecule has 3 heterocycles. The van der Waals surface area contributed by atoms with Gasteiger partial charge >= 0.3 is 0 Å². The number of nitrogens with zero attached hydrogens (tertiary/aromatic N) is 3. The van der Waals surface area contributed by atoms with Gasteiger partial charge in [-0.05, 0) is 48.4 Å². The third-order valence-corrected chi connectivity index (χ3v) is 6.55. The molecule has 2 fully saturated rings. The van der Waals surface area contributed by atoms with Gasteiger partial charge < -0.3 is 29.9 Å². The van der Waals surface area contributed by atoms with E-state index in [4.69, 9.17) is 10.5 Å². The fourth-order valence-electron chi connectivity index (χ4n) is 4.78. The molecule has 3 N–H and O–H groups in total. The van der Waals surface area contributed by atoms with Gasteiger partial charge in [-0.2, -0.15) is 0 Å². The van der Waals surface area contributed by atoms with E-state index in [-0.39, 0.29) is 29.6 Å². The van der Waals surface area contributed by atoms with Crippen molar-refractivity contribution >= 4 is 22.7 Å². The lowest BCUT2D eigenvalue weighted by Crippen LogP contribution is -2.57. The van der Waals surface area contributed by atoms with E-state index in [2.05, 4.69) is 6.20 Å². The number of aromatic nitrogens is 1. The first kappa shape index (κ1) is 21.5. The number of morpholine rings is 1. The van der Waals surface area contributed by atoms with Gasteiger partial charge in [0.25, 0.3) is 11.8 Å². The maximum Gasteiger partial charge on any atom is 0.254 e. The maximum atomic E-state index is 13.2. The number of fused-ring (bicyclic) bond motifs is 1. The van der Waals surface area contributed by atoms with Crippen LogP contribution in [0.1, 0.15) is 26.3 Å². The predicted molar refractivity (Wildman–Crippen MR) is 124 cm³/mol. The van der Waals surface area contributed by atoms with Crippen molar-refractivity contribution in [2.45, 2.75) is 18.5 Å². The molecule has 5 rings (SSSR count). The number of carbonyl (C=O) groups is 2. The zero-order chi connectivity index (χ0) is 23.1. The molecule has 33 heavy (non-hydrogen) atoms. The number of amides is 2. The van der Waals surface area contributed by atoms with Crippen LogP contribution >= 0.6 is 0 Å². The average Bonchev–Trinajstić information content (AvgIpc) is 3.11. The van der Waals surface area contributed by atoms with Crippen molar-refractivity contribution in [1.82, 2.24) is 14.4 Å². The third kappa shape index (κ3) is 4.07. The number of nitrogens with two attached hydrogens (primary N) is 1. The second kappa shape index (κ2) is 8.53. The van der Waals surface area contributed by atoms with Crippen molar-refractivity contribution in [2.24, 2.45) is 12.8 Å². The van der Waals surface area contributed by atoms with Crippen molar-refractivity contribution in [3.05, 3.63) is 65.4 Å². The molecule has 172 valence electrons. The van der Waals surface area contributed by atoms with E-state index in [0.717, 1.165) is 16.5 Å². The van der Waals surface area contributed by atoms with Crippen molar-refractivity contribution in [1.29, 1.82) is 0 Å². The smallest absolute Gasteiger partial charge is 0.254 e. The van der Waals surface area contributed by atoms with Gasteiger partial charge in [-0.1, -0.05) is 6.07 Å². The molecule has 0 saturated carbocycles. The van der Waals surface area contributed by atoms with Gasteiger partial charge in [-0.3, -0.25) is 9.59 Å². The Hall–Kier alpha value is -3.36. The number of benzene rings is 2. The fourth-order valence-corrected chi connectivity index (χ4v) is 4.78. The third-order valence-electron chi connectivity index (χ3n) is 6.55. The van der Waals surface area contributed by atoms with Gasteiger partial charge in [0.05, 0.1) is 19.3 Å². The van der Waals surface area contributed by atoms with Crippen molar-refractivity contribution < 1.29 is 19.4 Å². The Labute approximate surface area is 192 Å². The van der Waals surface area contributed by atoms with Crippen LogP contribution in [0.5, 0.6) is 5.75 Å². The Morgan fingerprint density at radius 3 is 2.67 bits per heavy atom. The Kier molecular flexibility index (Phi) is 5.55. The summed E-state index contributed by atoms with van der Waals surface area (Å²) in [7, 11) is 1.98. The number of hydrogen-bond donors (Lipinski definition) is 2. The Morgan fingerprint density at radius 2 is 1.91 bits per heavy atom. The first-order valence-corrected chi connectivity index (χ1v) is 11.2. The summed E-state index contributed by atoms with van der Waals surface area (Å²) in [6.45, 7) is 2.58. The van der Waals surface area contributed by atoms with Gasteiger partial charge in [0.15, 0.2) is 0 Å². The maximum absolute atomic E-state index is 13.2. The minimum atomic E-state index is -0.146. The number of hydrogen-bond acceptors (Lipinski definition) is 5. The highest BCUT2D eigenvalue weighted by Gasteiger charge is 2.31. The summed E-state index contributed by atoms with van der Waals surface area (Å²) in [5.41, 5.74) is 9.04. The van der Waals surface area contributed by atoms with Gasteiger partial charge in [0.2, 0.25) is 0 Å². The molecule has 2 amide bonds. The molecule has 1 atom stereocenters. The van der Waals surface area contributed by atoms with Gasteiger partial charge in [-0.15, -0.1) is 0 Å². The van der Waals surface area contributed by atoms with E-state index in [1.165, 1.54) is 6.07 Å². The minimum Gasteiger partial charge on any atom is -0.508 e. The van der Waals surface area contributed by atoms with Crippen LogP contribution in [0.25, 0.3) is 10.9 Å². The summed E-state index contributed by atoms with van der Waals surface area (Å²) in [5.74, 6) is -0.0559. The topological polar surface area (TPSA) is 101 Å². The number of likely N-dealkylation sites (tertiary alicyclic amines) is 1. The van der Waals surface area contributed by atoms with Gasteiger partial charge in [0, 0.05) is 61.0 Å². The second-order valence-electron chi connectivity index (χ2n) is 8.95. The van der Waals surface area contributed by atoms with E-state index in [9.17, 15) is 14.7 Å². The quantitative estimate of drug-likeness (QED) is 0.633. The number of phenols is 1. The van der Waals surface area contributed by atoms with E-state index in [1.807, 2.05) is 34.7 Å². The van der Waals surface area contributed by atoms with Crippen LogP contribution in [-0.2, 0) is 18.2 Å². The number of rotatable bonds is 4. The molecule has 8 nitrogen and oxygen atoms in total. The van der Waals surface area contributed by atoms with Crippen LogP contribution < -0.4 is 5.73 Å². The number of ether oxygens (including phenoxy) is 1. The lowest BCUT2D eigenvalue weighted by Gasteiger charge is -2.37. The van der Waals surface area contributed by atoms with Crippen LogP contribution in [-0.4, -0.2) is 76.2 Å². The summed E-state index contributed by atoms with van der Waals surface area (Å²) in [5, 5.41) is 10.8.